The van der Waals surface area contributed by atoms with Crippen LogP contribution < -0.4 is 14.8 Å². The van der Waals surface area contributed by atoms with E-state index in [2.05, 4.69) is 5.32 Å². The van der Waals surface area contributed by atoms with E-state index in [9.17, 15) is 9.59 Å². The van der Waals surface area contributed by atoms with Crippen LogP contribution in [0.1, 0.15) is 32.1 Å². The fraction of sp³-hybridized carbons (Fsp3) is 0.579. The van der Waals surface area contributed by atoms with Crippen molar-refractivity contribution in [2.45, 2.75) is 38.1 Å². The van der Waals surface area contributed by atoms with Crippen molar-refractivity contribution >= 4 is 11.8 Å². The monoisotopic (exact) mass is 346 g/mol. The molecule has 0 bridgehead atoms. The average Bonchev–Trinajstić information content (AvgIpc) is 3.07. The number of amides is 2. The molecule has 1 saturated carbocycles. The number of hydrogen-bond acceptors (Lipinski definition) is 4. The van der Waals surface area contributed by atoms with Crippen LogP contribution in [0, 0.1) is 5.41 Å². The van der Waals surface area contributed by atoms with E-state index < -0.39 is 0 Å². The van der Waals surface area contributed by atoms with Gasteiger partial charge in [0.1, 0.15) is 11.5 Å². The number of nitrogens with zero attached hydrogens (tertiary/aromatic N) is 1. The molecule has 1 aliphatic heterocycles. The SMILES string of the molecule is COc1ccc(OCC(=O)NC[C@@]23CCC[C@H]2N(C)C(=O)CC3)cc1. The first kappa shape index (κ1) is 17.6. The molecule has 25 heavy (non-hydrogen) atoms. The van der Waals surface area contributed by atoms with Crippen molar-refractivity contribution in [3.8, 4) is 11.5 Å². The summed E-state index contributed by atoms with van der Waals surface area (Å²) in [6, 6.07) is 7.39. The fourth-order valence-electron chi connectivity index (χ4n) is 4.16. The van der Waals surface area contributed by atoms with Crippen LogP contribution in [0.2, 0.25) is 0 Å². The second-order valence-electron chi connectivity index (χ2n) is 7.02. The third kappa shape index (κ3) is 3.72. The first-order valence-electron chi connectivity index (χ1n) is 8.83. The number of benzene rings is 1. The molecule has 6 heteroatoms. The molecular formula is C19H26N2O4. The van der Waals surface area contributed by atoms with E-state index in [4.69, 9.17) is 9.47 Å². The second kappa shape index (κ2) is 7.33. The molecule has 0 aromatic heterocycles. The lowest BCUT2D eigenvalue weighted by atomic mass is 9.74. The van der Waals surface area contributed by atoms with Crippen LogP contribution in [0.25, 0.3) is 0 Å². The van der Waals surface area contributed by atoms with Gasteiger partial charge in [-0.25, -0.2) is 0 Å². The topological polar surface area (TPSA) is 67.9 Å². The first-order chi connectivity index (χ1) is 12.0. The van der Waals surface area contributed by atoms with Crippen molar-refractivity contribution in [2.24, 2.45) is 5.41 Å². The lowest BCUT2D eigenvalue weighted by molar-refractivity contribution is -0.139. The van der Waals surface area contributed by atoms with Gasteiger partial charge in [0, 0.05) is 31.5 Å². The summed E-state index contributed by atoms with van der Waals surface area (Å²) in [6.07, 6.45) is 4.64. The summed E-state index contributed by atoms with van der Waals surface area (Å²) >= 11 is 0. The minimum atomic E-state index is -0.129. The Morgan fingerprint density at radius 3 is 2.72 bits per heavy atom. The zero-order valence-electron chi connectivity index (χ0n) is 14.9. The molecule has 6 nitrogen and oxygen atoms in total. The summed E-state index contributed by atoms with van der Waals surface area (Å²) in [5.74, 6) is 1.47. The molecule has 2 amide bonds. The van der Waals surface area contributed by atoms with Crippen molar-refractivity contribution in [1.29, 1.82) is 0 Å². The highest BCUT2D eigenvalue weighted by atomic mass is 16.5. The number of ether oxygens (including phenoxy) is 2. The normalized spacial score (nSPS) is 25.4. The Bertz CT molecular complexity index is 631. The molecule has 0 unspecified atom stereocenters. The predicted octanol–water partition coefficient (Wildman–Crippen LogP) is 1.98. The van der Waals surface area contributed by atoms with E-state index in [0.717, 1.165) is 31.4 Å². The minimum Gasteiger partial charge on any atom is -0.497 e. The van der Waals surface area contributed by atoms with E-state index in [0.29, 0.717) is 18.7 Å². The van der Waals surface area contributed by atoms with Gasteiger partial charge in [-0.2, -0.15) is 0 Å². The molecule has 1 N–H and O–H groups in total. The van der Waals surface area contributed by atoms with Gasteiger partial charge in [-0.3, -0.25) is 9.59 Å². The highest BCUT2D eigenvalue weighted by Crippen LogP contribution is 2.47. The number of carbonyl (C=O) groups excluding carboxylic acids is 2. The van der Waals surface area contributed by atoms with Gasteiger partial charge in [0.05, 0.1) is 7.11 Å². The standard InChI is InChI=1S/C19H26N2O4/c1-21-16-4-3-10-19(16,11-9-18(21)23)13-20-17(22)12-25-15-7-5-14(24-2)6-8-15/h5-8,16H,3-4,9-13H2,1-2H3,(H,20,22)/t16-,19+/m1/s1. The van der Waals surface area contributed by atoms with E-state index >= 15 is 0 Å². The number of carbonyl (C=O) groups is 2. The Kier molecular flexibility index (Phi) is 5.16. The predicted molar refractivity (Wildman–Crippen MR) is 93.6 cm³/mol. The lowest BCUT2D eigenvalue weighted by Gasteiger charge is -2.44. The maximum absolute atomic E-state index is 12.2. The number of hydrogen-bond donors (Lipinski definition) is 1. The average molecular weight is 346 g/mol. The van der Waals surface area contributed by atoms with Gasteiger partial charge in [-0.15, -0.1) is 0 Å². The molecule has 2 aliphatic rings. The zero-order chi connectivity index (χ0) is 17.9. The molecule has 1 aromatic carbocycles. The van der Waals surface area contributed by atoms with Crippen LogP contribution in [0.3, 0.4) is 0 Å². The third-order valence-corrected chi connectivity index (χ3v) is 5.62. The van der Waals surface area contributed by atoms with Gasteiger partial charge >= 0.3 is 0 Å². The van der Waals surface area contributed by atoms with E-state index in [1.165, 1.54) is 0 Å². The molecule has 0 radical (unpaired) electrons. The maximum Gasteiger partial charge on any atom is 0.257 e. The molecule has 2 atom stereocenters. The molecule has 2 fully saturated rings. The zero-order valence-corrected chi connectivity index (χ0v) is 14.9. The quantitative estimate of drug-likeness (QED) is 0.855. The van der Waals surface area contributed by atoms with Crippen LogP contribution in [-0.4, -0.2) is 50.1 Å². The highest BCUT2D eigenvalue weighted by molar-refractivity contribution is 5.78. The molecule has 1 saturated heterocycles. The largest absolute Gasteiger partial charge is 0.497 e. The van der Waals surface area contributed by atoms with Crippen molar-refractivity contribution in [1.82, 2.24) is 10.2 Å². The summed E-state index contributed by atoms with van der Waals surface area (Å²) in [4.78, 5) is 26.0. The van der Waals surface area contributed by atoms with Crippen molar-refractivity contribution in [3.63, 3.8) is 0 Å². The van der Waals surface area contributed by atoms with Gasteiger partial charge in [-0.1, -0.05) is 6.42 Å². The molecular weight excluding hydrogens is 320 g/mol. The van der Waals surface area contributed by atoms with E-state index in [-0.39, 0.29) is 29.9 Å². The number of rotatable bonds is 6. The van der Waals surface area contributed by atoms with Gasteiger partial charge in [0.2, 0.25) is 5.91 Å². The maximum atomic E-state index is 12.2. The van der Waals surface area contributed by atoms with Crippen LogP contribution in [0.15, 0.2) is 24.3 Å². The second-order valence-corrected chi connectivity index (χ2v) is 7.02. The van der Waals surface area contributed by atoms with Crippen molar-refractivity contribution in [2.75, 3.05) is 27.3 Å². The molecule has 1 aromatic rings. The third-order valence-electron chi connectivity index (χ3n) is 5.62. The number of piperidine rings is 1. The van der Waals surface area contributed by atoms with Crippen LogP contribution in [0.4, 0.5) is 0 Å². The Hall–Kier alpha value is -2.24. The first-order valence-corrected chi connectivity index (χ1v) is 8.83. The number of fused-ring (bicyclic) bond motifs is 1. The van der Waals surface area contributed by atoms with Gasteiger partial charge in [0.25, 0.3) is 5.91 Å². The highest BCUT2D eigenvalue weighted by Gasteiger charge is 2.49. The van der Waals surface area contributed by atoms with Gasteiger partial charge in [-0.05, 0) is 43.5 Å². The van der Waals surface area contributed by atoms with Crippen LogP contribution >= 0.6 is 0 Å². The smallest absolute Gasteiger partial charge is 0.257 e. The summed E-state index contributed by atoms with van der Waals surface area (Å²) in [7, 11) is 3.50. The minimum absolute atomic E-state index is 0.0121. The van der Waals surface area contributed by atoms with Crippen LogP contribution in [-0.2, 0) is 9.59 Å². The Balaban J connectivity index is 1.50. The molecule has 0 spiro atoms. The molecule has 3 rings (SSSR count). The Morgan fingerprint density at radius 2 is 2.00 bits per heavy atom. The lowest BCUT2D eigenvalue weighted by Crippen LogP contribution is -2.54. The Labute approximate surface area is 148 Å². The molecule has 136 valence electrons. The summed E-state index contributed by atoms with van der Waals surface area (Å²) < 4.78 is 10.6. The number of likely N-dealkylation sites (tertiary alicyclic amines) is 1. The summed E-state index contributed by atoms with van der Waals surface area (Å²) in [5, 5.41) is 3.02. The van der Waals surface area contributed by atoms with Gasteiger partial charge in [0.15, 0.2) is 6.61 Å². The van der Waals surface area contributed by atoms with Crippen molar-refractivity contribution in [3.05, 3.63) is 24.3 Å². The summed E-state index contributed by atoms with van der Waals surface area (Å²) in [6.45, 7) is 0.599. The van der Waals surface area contributed by atoms with E-state index in [1.54, 1.807) is 31.4 Å². The number of nitrogens with one attached hydrogen (secondary N) is 1. The Morgan fingerprint density at radius 1 is 1.28 bits per heavy atom. The van der Waals surface area contributed by atoms with Gasteiger partial charge < -0.3 is 19.7 Å². The fourth-order valence-corrected chi connectivity index (χ4v) is 4.16. The van der Waals surface area contributed by atoms with E-state index in [1.807, 2.05) is 11.9 Å². The summed E-state index contributed by atoms with van der Waals surface area (Å²) in [5.41, 5.74) is 0.0262. The molecule has 1 heterocycles. The molecule has 1 aliphatic carbocycles. The van der Waals surface area contributed by atoms with Crippen LogP contribution in [0.5, 0.6) is 11.5 Å². The van der Waals surface area contributed by atoms with Crippen molar-refractivity contribution < 1.29 is 19.1 Å². The number of methoxy groups -OCH3 is 1.